The topological polar surface area (TPSA) is 56.5 Å². The van der Waals surface area contributed by atoms with Crippen LogP contribution < -0.4 is 15.8 Å². The van der Waals surface area contributed by atoms with Crippen LogP contribution in [0, 0.1) is 5.92 Å². The maximum atomic E-state index is 5.82. The summed E-state index contributed by atoms with van der Waals surface area (Å²) in [7, 11) is 0. The van der Waals surface area contributed by atoms with Gasteiger partial charge in [-0.3, -0.25) is 0 Å². The number of ether oxygens (including phenoxy) is 2. The lowest BCUT2D eigenvalue weighted by Gasteiger charge is -2.10. The van der Waals surface area contributed by atoms with Crippen molar-refractivity contribution in [3.8, 4) is 5.75 Å². The highest BCUT2D eigenvalue weighted by molar-refractivity contribution is 5.59. The molecule has 0 aromatic heterocycles. The monoisotopic (exact) mass is 250 g/mol. The zero-order chi connectivity index (χ0) is 12.8. The predicted octanol–water partition coefficient (Wildman–Crippen LogP) is 2.51. The molecule has 0 spiro atoms. The predicted molar refractivity (Wildman–Crippen MR) is 74.1 cm³/mol. The fourth-order valence-corrected chi connectivity index (χ4v) is 1.78. The zero-order valence-electron chi connectivity index (χ0n) is 10.9. The quantitative estimate of drug-likeness (QED) is 0.550. The number of nitrogens with two attached hydrogens (primary N) is 1. The highest BCUT2D eigenvalue weighted by Gasteiger charge is 2.20. The second-order valence-corrected chi connectivity index (χ2v) is 4.67. The molecule has 0 bridgehead atoms. The number of anilines is 2. The molecule has 1 saturated carbocycles. The third-order valence-corrected chi connectivity index (χ3v) is 2.87. The third-order valence-electron chi connectivity index (χ3n) is 2.87. The van der Waals surface area contributed by atoms with Crippen molar-refractivity contribution < 1.29 is 9.47 Å². The Balaban J connectivity index is 1.72. The molecular weight excluding hydrogens is 228 g/mol. The van der Waals surface area contributed by atoms with Gasteiger partial charge in [-0.2, -0.15) is 0 Å². The molecule has 1 fully saturated rings. The number of benzene rings is 1. The van der Waals surface area contributed by atoms with E-state index in [2.05, 4.69) is 5.32 Å². The molecule has 3 N–H and O–H groups in total. The molecule has 0 atom stereocenters. The Bertz CT molecular complexity index is 378. The molecule has 0 radical (unpaired) electrons. The molecule has 100 valence electrons. The summed E-state index contributed by atoms with van der Waals surface area (Å²) in [6, 6.07) is 5.70. The minimum absolute atomic E-state index is 0.646. The first-order chi connectivity index (χ1) is 8.78. The maximum absolute atomic E-state index is 5.82. The average Bonchev–Trinajstić information content (AvgIpc) is 3.12. The van der Waals surface area contributed by atoms with E-state index in [4.69, 9.17) is 15.2 Å². The largest absolute Gasteiger partial charge is 0.494 e. The van der Waals surface area contributed by atoms with E-state index in [0.717, 1.165) is 37.1 Å². The van der Waals surface area contributed by atoms with Gasteiger partial charge in [0.1, 0.15) is 5.75 Å². The molecule has 18 heavy (non-hydrogen) atoms. The van der Waals surface area contributed by atoms with Crippen molar-refractivity contribution in [3.63, 3.8) is 0 Å². The van der Waals surface area contributed by atoms with Crippen LogP contribution in [0.5, 0.6) is 5.75 Å². The van der Waals surface area contributed by atoms with Crippen LogP contribution in [0.3, 0.4) is 0 Å². The number of nitrogens with one attached hydrogen (secondary N) is 1. The van der Waals surface area contributed by atoms with Crippen molar-refractivity contribution >= 4 is 11.4 Å². The van der Waals surface area contributed by atoms with Crippen molar-refractivity contribution in [1.82, 2.24) is 0 Å². The summed E-state index contributed by atoms with van der Waals surface area (Å²) < 4.78 is 11.0. The standard InChI is InChI=1S/C14H22N2O2/c1-2-18-14-8-12(15)7-13(9-14)16-5-6-17-10-11-3-4-11/h7-9,11,16H,2-6,10,15H2,1H3. The number of rotatable bonds is 8. The highest BCUT2D eigenvalue weighted by Crippen LogP contribution is 2.28. The molecule has 0 saturated heterocycles. The molecule has 2 rings (SSSR count). The lowest BCUT2D eigenvalue weighted by Crippen LogP contribution is -2.11. The summed E-state index contributed by atoms with van der Waals surface area (Å²) in [5.41, 5.74) is 7.51. The zero-order valence-corrected chi connectivity index (χ0v) is 10.9. The summed E-state index contributed by atoms with van der Waals surface area (Å²) in [4.78, 5) is 0. The lowest BCUT2D eigenvalue weighted by molar-refractivity contribution is 0.134. The summed E-state index contributed by atoms with van der Waals surface area (Å²) in [5, 5.41) is 3.29. The van der Waals surface area contributed by atoms with Crippen molar-refractivity contribution in [2.24, 2.45) is 5.92 Å². The van der Waals surface area contributed by atoms with Gasteiger partial charge in [-0.05, 0) is 31.7 Å². The molecular formula is C14H22N2O2. The van der Waals surface area contributed by atoms with Crippen molar-refractivity contribution in [2.75, 3.05) is 37.4 Å². The van der Waals surface area contributed by atoms with Crippen LogP contribution in [-0.4, -0.2) is 26.4 Å². The molecule has 1 aliphatic carbocycles. The van der Waals surface area contributed by atoms with Gasteiger partial charge in [0.05, 0.1) is 13.2 Å². The molecule has 0 heterocycles. The van der Waals surface area contributed by atoms with Crippen LogP contribution in [0.1, 0.15) is 19.8 Å². The van der Waals surface area contributed by atoms with E-state index in [9.17, 15) is 0 Å². The van der Waals surface area contributed by atoms with E-state index in [0.29, 0.717) is 12.3 Å². The SMILES string of the molecule is CCOc1cc(N)cc(NCCOCC2CC2)c1. The smallest absolute Gasteiger partial charge is 0.123 e. The minimum Gasteiger partial charge on any atom is -0.494 e. The molecule has 4 heteroatoms. The summed E-state index contributed by atoms with van der Waals surface area (Å²) in [6.07, 6.45) is 2.67. The van der Waals surface area contributed by atoms with E-state index < -0.39 is 0 Å². The van der Waals surface area contributed by atoms with E-state index in [1.807, 2.05) is 25.1 Å². The average molecular weight is 250 g/mol. The molecule has 1 aromatic rings. The van der Waals surface area contributed by atoms with Gasteiger partial charge >= 0.3 is 0 Å². The van der Waals surface area contributed by atoms with Crippen LogP contribution in [-0.2, 0) is 4.74 Å². The van der Waals surface area contributed by atoms with Crippen molar-refractivity contribution in [3.05, 3.63) is 18.2 Å². The third kappa shape index (κ3) is 4.45. The number of nitrogen functional groups attached to an aromatic ring is 1. The molecule has 1 aliphatic rings. The van der Waals surface area contributed by atoms with Gasteiger partial charge in [0.15, 0.2) is 0 Å². The first-order valence-corrected chi connectivity index (χ1v) is 6.63. The molecule has 4 nitrogen and oxygen atoms in total. The van der Waals surface area contributed by atoms with Gasteiger partial charge in [-0.15, -0.1) is 0 Å². The number of hydrogen-bond donors (Lipinski definition) is 2. The highest BCUT2D eigenvalue weighted by atomic mass is 16.5. The summed E-state index contributed by atoms with van der Waals surface area (Å²) >= 11 is 0. The Morgan fingerprint density at radius 1 is 1.33 bits per heavy atom. The fraction of sp³-hybridized carbons (Fsp3) is 0.571. The Morgan fingerprint density at radius 2 is 2.17 bits per heavy atom. The van der Waals surface area contributed by atoms with E-state index in [1.54, 1.807) is 0 Å². The van der Waals surface area contributed by atoms with E-state index in [1.165, 1.54) is 12.8 Å². The molecule has 0 amide bonds. The lowest BCUT2D eigenvalue weighted by atomic mass is 10.2. The first-order valence-electron chi connectivity index (χ1n) is 6.63. The Kier molecular flexibility index (Phi) is 4.70. The van der Waals surface area contributed by atoms with Crippen LogP contribution in [0.4, 0.5) is 11.4 Å². The van der Waals surface area contributed by atoms with Crippen LogP contribution in [0.15, 0.2) is 18.2 Å². The second-order valence-electron chi connectivity index (χ2n) is 4.67. The fourth-order valence-electron chi connectivity index (χ4n) is 1.78. The number of hydrogen-bond acceptors (Lipinski definition) is 4. The van der Waals surface area contributed by atoms with Gasteiger partial charge in [-0.25, -0.2) is 0 Å². The Morgan fingerprint density at radius 3 is 2.89 bits per heavy atom. The van der Waals surface area contributed by atoms with Gasteiger partial charge in [-0.1, -0.05) is 0 Å². The summed E-state index contributed by atoms with van der Waals surface area (Å²) in [6.45, 7) is 5.04. The van der Waals surface area contributed by atoms with Gasteiger partial charge < -0.3 is 20.5 Å². The Labute approximate surface area is 108 Å². The second kappa shape index (κ2) is 6.50. The van der Waals surface area contributed by atoms with E-state index >= 15 is 0 Å². The van der Waals surface area contributed by atoms with Crippen molar-refractivity contribution in [1.29, 1.82) is 0 Å². The van der Waals surface area contributed by atoms with Gasteiger partial charge in [0.25, 0.3) is 0 Å². The van der Waals surface area contributed by atoms with Crippen LogP contribution in [0.25, 0.3) is 0 Å². The molecule has 0 unspecified atom stereocenters. The van der Waals surface area contributed by atoms with Gasteiger partial charge in [0, 0.05) is 36.7 Å². The van der Waals surface area contributed by atoms with Gasteiger partial charge in [0.2, 0.25) is 0 Å². The molecule has 1 aromatic carbocycles. The van der Waals surface area contributed by atoms with E-state index in [-0.39, 0.29) is 0 Å². The van der Waals surface area contributed by atoms with Crippen molar-refractivity contribution in [2.45, 2.75) is 19.8 Å². The maximum Gasteiger partial charge on any atom is 0.123 e. The molecule has 0 aliphatic heterocycles. The summed E-state index contributed by atoms with van der Waals surface area (Å²) in [5.74, 6) is 1.63. The minimum atomic E-state index is 0.646. The Hall–Kier alpha value is -1.42. The van der Waals surface area contributed by atoms with Crippen LogP contribution in [0.2, 0.25) is 0 Å². The first kappa shape index (κ1) is 13.0. The normalized spacial score (nSPS) is 14.5. The van der Waals surface area contributed by atoms with Crippen LogP contribution >= 0.6 is 0 Å².